The number of ether oxygens (including phenoxy) is 1. The number of aromatic amines is 1. The molecule has 0 unspecified atom stereocenters. The fourth-order valence-corrected chi connectivity index (χ4v) is 6.38. The van der Waals surface area contributed by atoms with Crippen LogP contribution >= 0.6 is 0 Å². The summed E-state index contributed by atoms with van der Waals surface area (Å²) < 4.78 is 5.38. The fourth-order valence-electron chi connectivity index (χ4n) is 6.38. The van der Waals surface area contributed by atoms with E-state index < -0.39 is 41.6 Å². The van der Waals surface area contributed by atoms with Gasteiger partial charge in [0.15, 0.2) is 0 Å². The molecule has 2 aromatic carbocycles. The van der Waals surface area contributed by atoms with Crippen molar-refractivity contribution in [2.45, 2.75) is 52.0 Å². The van der Waals surface area contributed by atoms with E-state index in [1.54, 1.807) is 59.7 Å². The highest BCUT2D eigenvalue weighted by Crippen LogP contribution is 2.17. The Hall–Kier alpha value is -5.60. The second-order valence-corrected chi connectivity index (χ2v) is 15.4. The predicted octanol–water partition coefficient (Wildman–Crippen LogP) is 0.943. The minimum absolute atomic E-state index is 0.0113. The molecule has 19 nitrogen and oxygen atoms in total. The van der Waals surface area contributed by atoms with Gasteiger partial charge in [-0.15, -0.1) is 0 Å². The maximum absolute atomic E-state index is 13.2. The van der Waals surface area contributed by atoms with E-state index in [1.165, 1.54) is 0 Å². The van der Waals surface area contributed by atoms with Gasteiger partial charge in [-0.05, 0) is 49.4 Å². The Morgan fingerprint density at radius 1 is 0.712 bits per heavy atom. The van der Waals surface area contributed by atoms with Crippen LogP contribution in [-0.2, 0) is 53.1 Å². The van der Waals surface area contributed by atoms with Gasteiger partial charge in [-0.3, -0.25) is 48.4 Å². The van der Waals surface area contributed by atoms with E-state index in [0.29, 0.717) is 26.2 Å². The van der Waals surface area contributed by atoms with Gasteiger partial charge in [0.05, 0.1) is 32.8 Å². The molecule has 0 bridgehead atoms. The van der Waals surface area contributed by atoms with Crippen LogP contribution in [0.2, 0.25) is 0 Å². The molecule has 1 aliphatic heterocycles. The molecule has 1 fully saturated rings. The number of para-hydroxylation sites is 1. The topological polar surface area (TPSA) is 246 Å². The molecule has 0 radical (unpaired) electrons. The number of hydroxylamine groups is 1. The van der Waals surface area contributed by atoms with Gasteiger partial charge in [-0.25, -0.2) is 10.3 Å². The number of hydrogen-bond acceptors (Lipinski definition) is 12. The third-order valence-electron chi connectivity index (χ3n) is 9.32. The first kappa shape index (κ1) is 46.1. The normalized spacial score (nSPS) is 16.0. The molecule has 3 amide bonds. The number of fused-ring (bicyclic) bond motifs is 1. The van der Waals surface area contributed by atoms with E-state index in [-0.39, 0.29) is 77.8 Å². The lowest BCUT2D eigenvalue weighted by Gasteiger charge is -2.32. The van der Waals surface area contributed by atoms with Crippen molar-refractivity contribution in [3.05, 3.63) is 71.4 Å². The number of rotatable bonds is 17. The third kappa shape index (κ3) is 17.4. The summed E-state index contributed by atoms with van der Waals surface area (Å²) in [5.74, 6) is -3.94. The van der Waals surface area contributed by atoms with Gasteiger partial charge in [-0.2, -0.15) is 0 Å². The number of carbonyl (C=O) groups is 6. The van der Waals surface area contributed by atoms with E-state index in [2.05, 4.69) is 21.1 Å². The summed E-state index contributed by atoms with van der Waals surface area (Å²) in [6, 6.07) is 15.8. The van der Waals surface area contributed by atoms with Crippen LogP contribution in [0.4, 0.5) is 4.79 Å². The van der Waals surface area contributed by atoms with Crippen LogP contribution in [0.15, 0.2) is 54.6 Å². The number of carboxylic acids is 3. The number of benzene rings is 2. The average molecular weight is 825 g/mol. The molecule has 1 atom stereocenters. The Labute approximate surface area is 342 Å². The van der Waals surface area contributed by atoms with E-state index in [1.807, 2.05) is 35.2 Å². The largest absolute Gasteiger partial charge is 0.480 e. The van der Waals surface area contributed by atoms with Gasteiger partial charge in [-0.1, -0.05) is 42.5 Å². The number of hydrogen-bond donors (Lipinski definition) is 7. The van der Waals surface area contributed by atoms with Crippen LogP contribution in [-0.4, -0.2) is 166 Å². The summed E-state index contributed by atoms with van der Waals surface area (Å²) in [5, 5.41) is 34.8. The molecule has 0 spiro atoms. The van der Waals surface area contributed by atoms with Crippen molar-refractivity contribution in [3.63, 3.8) is 0 Å². The molecule has 7 N–H and O–H groups in total. The second kappa shape index (κ2) is 22.5. The zero-order chi connectivity index (χ0) is 43.0. The highest BCUT2D eigenvalue weighted by molar-refractivity contribution is 5.86. The lowest BCUT2D eigenvalue weighted by molar-refractivity contribution is -0.140. The van der Waals surface area contributed by atoms with E-state index in [4.69, 9.17) is 9.57 Å². The van der Waals surface area contributed by atoms with E-state index >= 15 is 0 Å². The fraction of sp³-hybridized carbons (Fsp3) is 0.500. The molecule has 3 aromatic rings. The molecule has 59 heavy (non-hydrogen) atoms. The molecule has 1 aliphatic rings. The number of H-pyrrole nitrogens is 1. The number of alkyl carbamates (subject to hydrolysis) is 1. The van der Waals surface area contributed by atoms with Crippen molar-refractivity contribution in [1.82, 2.24) is 40.7 Å². The lowest BCUT2D eigenvalue weighted by Crippen LogP contribution is -2.49. The van der Waals surface area contributed by atoms with Gasteiger partial charge in [0.1, 0.15) is 11.6 Å². The lowest BCUT2D eigenvalue weighted by atomic mass is 10.1. The number of nitrogens with zero attached hydrogens (tertiary/aromatic N) is 4. The van der Waals surface area contributed by atoms with Crippen LogP contribution in [0, 0.1) is 0 Å². The zero-order valence-electron chi connectivity index (χ0n) is 33.8. The van der Waals surface area contributed by atoms with Crippen molar-refractivity contribution in [1.29, 1.82) is 0 Å². The standard InChI is InChI=1S/C40H56N8O11/c1-40(2,3)59-39(57)43-33(21-31-20-30-6-4-5-7-32(30)42-31)38(56)44-58-27-29-10-8-28(9-11-29)22-41-34(49)23-45-12-14-46(24-35(50)51)16-18-48(26-37(54)55)19-17-47(15-13-45)25-36(52)53/h4-11,20,33,42H,12-19,21-27H2,1-3H3,(H,41,49)(H,43,57)(H,44,56)(H,50,51)(H,52,53)(H,54,55)/t33-/m1/s1. The molecule has 0 aliphatic carbocycles. The Balaban J connectivity index is 1.29. The van der Waals surface area contributed by atoms with Crippen molar-refractivity contribution in [3.8, 4) is 0 Å². The van der Waals surface area contributed by atoms with Crippen LogP contribution < -0.4 is 16.1 Å². The number of nitrogens with one attached hydrogen (secondary N) is 4. The molecule has 19 heteroatoms. The quantitative estimate of drug-likeness (QED) is 0.0937. The molecule has 1 saturated heterocycles. The van der Waals surface area contributed by atoms with Gasteiger partial charge < -0.3 is 35.7 Å². The Morgan fingerprint density at radius 2 is 1.20 bits per heavy atom. The van der Waals surface area contributed by atoms with Gasteiger partial charge >= 0.3 is 24.0 Å². The van der Waals surface area contributed by atoms with Crippen molar-refractivity contribution >= 4 is 46.7 Å². The number of carboxylic acid groups (broad SMARTS) is 3. The first-order chi connectivity index (χ1) is 28.0. The van der Waals surface area contributed by atoms with Crippen LogP contribution in [0.25, 0.3) is 10.9 Å². The smallest absolute Gasteiger partial charge is 0.408 e. The van der Waals surface area contributed by atoms with E-state index in [9.17, 15) is 44.1 Å². The summed E-state index contributed by atoms with van der Waals surface area (Å²) in [5.41, 5.74) is 4.83. The Kier molecular flexibility index (Phi) is 17.6. The summed E-state index contributed by atoms with van der Waals surface area (Å²) in [6.07, 6.45) is -0.588. The molecule has 1 aromatic heterocycles. The predicted molar refractivity (Wildman–Crippen MR) is 215 cm³/mol. The first-order valence-electron chi connectivity index (χ1n) is 19.4. The van der Waals surface area contributed by atoms with Crippen LogP contribution in [0.3, 0.4) is 0 Å². The van der Waals surface area contributed by atoms with Crippen molar-refractivity contribution in [2.75, 3.05) is 78.5 Å². The van der Waals surface area contributed by atoms with Crippen LogP contribution in [0.5, 0.6) is 0 Å². The summed E-state index contributed by atoms with van der Waals surface area (Å²) >= 11 is 0. The molecule has 322 valence electrons. The SMILES string of the molecule is CC(C)(C)OC(=O)N[C@H](Cc1cc2ccccc2[nH]1)C(=O)NOCc1ccc(CNC(=O)CN2CCN(CC(=O)O)CCN(CC(=O)O)CCN(CC(=O)O)CC2)cc1. The minimum atomic E-state index is -1.03. The number of amides is 3. The monoisotopic (exact) mass is 824 g/mol. The molecular formula is C40H56N8O11. The maximum Gasteiger partial charge on any atom is 0.408 e. The highest BCUT2D eigenvalue weighted by Gasteiger charge is 2.26. The van der Waals surface area contributed by atoms with Gasteiger partial charge in [0, 0.05) is 76.5 Å². The molecule has 2 heterocycles. The molecular weight excluding hydrogens is 768 g/mol. The van der Waals surface area contributed by atoms with Crippen LogP contribution in [0.1, 0.15) is 37.6 Å². The number of carbonyl (C=O) groups excluding carboxylic acids is 3. The summed E-state index contributed by atoms with van der Waals surface area (Å²) in [4.78, 5) is 89.2. The second-order valence-electron chi connectivity index (χ2n) is 15.4. The minimum Gasteiger partial charge on any atom is -0.480 e. The summed E-state index contributed by atoms with van der Waals surface area (Å²) in [6.45, 7) is 7.02. The first-order valence-corrected chi connectivity index (χ1v) is 19.4. The molecule has 4 rings (SSSR count). The van der Waals surface area contributed by atoms with E-state index in [0.717, 1.165) is 27.7 Å². The zero-order valence-corrected chi connectivity index (χ0v) is 33.8. The Morgan fingerprint density at radius 3 is 1.69 bits per heavy atom. The van der Waals surface area contributed by atoms with Gasteiger partial charge in [0.25, 0.3) is 5.91 Å². The third-order valence-corrected chi connectivity index (χ3v) is 9.32. The maximum atomic E-state index is 13.2. The number of aromatic nitrogens is 1. The van der Waals surface area contributed by atoms with Crippen molar-refractivity contribution < 1.29 is 53.7 Å². The average Bonchev–Trinajstić information content (AvgIpc) is 3.56. The van der Waals surface area contributed by atoms with Gasteiger partial charge in [0.2, 0.25) is 5.91 Å². The summed E-state index contributed by atoms with van der Waals surface area (Å²) in [7, 11) is 0. The Bertz CT molecular complexity index is 1820. The highest BCUT2D eigenvalue weighted by atomic mass is 16.7. The number of aliphatic carboxylic acids is 3. The molecule has 0 saturated carbocycles. The van der Waals surface area contributed by atoms with Crippen molar-refractivity contribution in [2.24, 2.45) is 0 Å².